The number of aliphatic hydroxyl groups is 2. The number of hydrogen-bond donors (Lipinski definition) is 3. The molecule has 0 rings (SSSR count). The van der Waals surface area contributed by atoms with E-state index in [0.717, 1.165) is 57.8 Å². The Hall–Kier alpha value is -1.66. The van der Waals surface area contributed by atoms with Crippen LogP contribution in [0.3, 0.4) is 0 Å². The first-order valence-corrected chi connectivity index (χ1v) is 28.6. The number of carbonyl (C=O) groups is 2. The Morgan fingerprint density at radius 2 is 0.750 bits per heavy atom. The lowest BCUT2D eigenvalue weighted by molar-refractivity contribution is -0.151. The molecule has 3 unspecified atom stereocenters. The van der Waals surface area contributed by atoms with Crippen molar-refractivity contribution in [1.29, 1.82) is 0 Å². The largest absolute Gasteiger partial charge is 0.462 e. The molecule has 6 nitrogen and oxygen atoms in total. The maximum atomic E-state index is 13.3. The quantitative estimate of drug-likeness (QED) is 0.0321. The number of esters is 1. The summed E-state index contributed by atoms with van der Waals surface area (Å²) >= 11 is 0. The molecule has 0 saturated carbocycles. The van der Waals surface area contributed by atoms with E-state index in [0.29, 0.717) is 19.3 Å². The zero-order chi connectivity index (χ0) is 46.7. The molecule has 378 valence electrons. The minimum Gasteiger partial charge on any atom is -0.462 e. The van der Waals surface area contributed by atoms with Crippen LogP contribution >= 0.6 is 0 Å². The van der Waals surface area contributed by atoms with Crippen LogP contribution < -0.4 is 5.32 Å². The number of unbranched alkanes of at least 4 members (excludes halogenated alkanes) is 36. The van der Waals surface area contributed by atoms with E-state index in [4.69, 9.17) is 4.74 Å². The number of nitrogens with one attached hydrogen (secondary N) is 1. The molecule has 0 aliphatic rings. The monoisotopic (exact) mass is 902 g/mol. The van der Waals surface area contributed by atoms with Crippen molar-refractivity contribution in [3.63, 3.8) is 0 Å². The predicted molar refractivity (Wildman–Crippen MR) is 278 cm³/mol. The van der Waals surface area contributed by atoms with Gasteiger partial charge in [-0.05, 0) is 77.0 Å². The maximum Gasteiger partial charge on any atom is 0.306 e. The lowest BCUT2D eigenvalue weighted by Crippen LogP contribution is -2.46. The second-order valence-corrected chi connectivity index (χ2v) is 19.7. The Bertz CT molecular complexity index is 1010. The van der Waals surface area contributed by atoms with Crippen molar-refractivity contribution in [3.05, 3.63) is 24.3 Å². The van der Waals surface area contributed by atoms with Gasteiger partial charge in [-0.2, -0.15) is 0 Å². The van der Waals surface area contributed by atoms with E-state index in [9.17, 15) is 19.8 Å². The first-order valence-electron chi connectivity index (χ1n) is 28.6. The summed E-state index contributed by atoms with van der Waals surface area (Å²) in [6.07, 6.45) is 61.0. The standard InChI is InChI=1S/C58H111NO5/c1-4-7-10-13-16-19-22-25-27-29-30-32-34-37-40-43-46-49-54(64-58(63)51-48-45-42-39-36-24-21-18-15-12-9-6-3)52-57(62)59-55(53-60)56(61)50-47-44-41-38-35-33-31-28-26-23-20-17-14-11-8-5-2/h18,21,25,27,54-56,60-61H,4-17,19-20,22-24,26,28-53H2,1-3H3,(H,59,62)/b21-18-,27-25+. The molecular weight excluding hydrogens is 791 g/mol. The summed E-state index contributed by atoms with van der Waals surface area (Å²) in [5.74, 6) is -0.473. The van der Waals surface area contributed by atoms with E-state index in [1.807, 2.05) is 0 Å². The highest BCUT2D eigenvalue weighted by Gasteiger charge is 2.24. The molecule has 1 amide bonds. The van der Waals surface area contributed by atoms with Gasteiger partial charge in [0.1, 0.15) is 6.10 Å². The lowest BCUT2D eigenvalue weighted by Gasteiger charge is -2.24. The molecular formula is C58H111NO5. The third-order valence-corrected chi connectivity index (χ3v) is 13.3. The number of ether oxygens (including phenoxy) is 1. The highest BCUT2D eigenvalue weighted by molar-refractivity contribution is 5.77. The number of allylic oxidation sites excluding steroid dienone is 4. The molecule has 0 aromatic carbocycles. The Morgan fingerprint density at radius 3 is 1.14 bits per heavy atom. The molecule has 0 heterocycles. The van der Waals surface area contributed by atoms with Crippen molar-refractivity contribution in [2.75, 3.05) is 6.61 Å². The Kier molecular flexibility index (Phi) is 51.0. The van der Waals surface area contributed by atoms with Crippen LogP contribution in [0.4, 0.5) is 0 Å². The van der Waals surface area contributed by atoms with E-state index >= 15 is 0 Å². The molecule has 0 aromatic rings. The molecule has 0 saturated heterocycles. The highest BCUT2D eigenvalue weighted by Crippen LogP contribution is 2.19. The zero-order valence-corrected chi connectivity index (χ0v) is 43.2. The minimum atomic E-state index is -0.787. The van der Waals surface area contributed by atoms with Crippen LogP contribution in [0.1, 0.15) is 310 Å². The average molecular weight is 903 g/mol. The van der Waals surface area contributed by atoms with E-state index in [2.05, 4.69) is 50.4 Å². The molecule has 6 heteroatoms. The molecule has 64 heavy (non-hydrogen) atoms. The van der Waals surface area contributed by atoms with Gasteiger partial charge in [0.15, 0.2) is 0 Å². The van der Waals surface area contributed by atoms with Gasteiger partial charge in [0, 0.05) is 6.42 Å². The lowest BCUT2D eigenvalue weighted by atomic mass is 10.0. The second-order valence-electron chi connectivity index (χ2n) is 19.7. The van der Waals surface area contributed by atoms with Crippen LogP contribution in [0.25, 0.3) is 0 Å². The summed E-state index contributed by atoms with van der Waals surface area (Å²) in [4.78, 5) is 26.2. The average Bonchev–Trinajstić information content (AvgIpc) is 3.29. The first-order chi connectivity index (χ1) is 31.5. The summed E-state index contributed by atoms with van der Waals surface area (Å²) in [6, 6.07) is -0.701. The summed E-state index contributed by atoms with van der Waals surface area (Å²) < 4.78 is 5.95. The summed E-state index contributed by atoms with van der Waals surface area (Å²) in [7, 11) is 0. The fraction of sp³-hybridized carbons (Fsp3) is 0.897. The Labute approximate surface area is 399 Å². The van der Waals surface area contributed by atoms with Crippen molar-refractivity contribution < 1.29 is 24.5 Å². The number of aliphatic hydroxyl groups excluding tert-OH is 2. The second kappa shape index (κ2) is 52.3. The number of rotatable bonds is 52. The molecule has 0 radical (unpaired) electrons. The summed E-state index contributed by atoms with van der Waals surface area (Å²) in [5, 5.41) is 23.9. The topological polar surface area (TPSA) is 95.9 Å². The van der Waals surface area contributed by atoms with Crippen molar-refractivity contribution >= 4 is 11.9 Å². The molecule has 0 aliphatic heterocycles. The molecule has 0 aromatic heterocycles. The van der Waals surface area contributed by atoms with Gasteiger partial charge in [0.05, 0.1) is 25.2 Å². The normalized spacial score (nSPS) is 13.3. The Balaban J connectivity index is 4.52. The van der Waals surface area contributed by atoms with Crippen LogP contribution in [-0.2, 0) is 14.3 Å². The van der Waals surface area contributed by atoms with Crippen molar-refractivity contribution in [1.82, 2.24) is 5.32 Å². The molecule has 3 N–H and O–H groups in total. The van der Waals surface area contributed by atoms with Crippen molar-refractivity contribution in [2.24, 2.45) is 0 Å². The Morgan fingerprint density at radius 1 is 0.438 bits per heavy atom. The first kappa shape index (κ1) is 62.3. The van der Waals surface area contributed by atoms with Gasteiger partial charge in [-0.25, -0.2) is 0 Å². The van der Waals surface area contributed by atoms with Gasteiger partial charge in [-0.3, -0.25) is 9.59 Å². The van der Waals surface area contributed by atoms with Crippen LogP contribution in [0.5, 0.6) is 0 Å². The fourth-order valence-electron chi connectivity index (χ4n) is 8.89. The molecule has 3 atom stereocenters. The van der Waals surface area contributed by atoms with E-state index in [1.165, 1.54) is 205 Å². The maximum absolute atomic E-state index is 13.3. The zero-order valence-electron chi connectivity index (χ0n) is 43.2. The third-order valence-electron chi connectivity index (χ3n) is 13.3. The van der Waals surface area contributed by atoms with Crippen LogP contribution in [0, 0.1) is 0 Å². The molecule has 0 spiro atoms. The molecule has 0 bridgehead atoms. The number of amides is 1. The van der Waals surface area contributed by atoms with Gasteiger partial charge in [0.25, 0.3) is 0 Å². The van der Waals surface area contributed by atoms with Gasteiger partial charge in [-0.1, -0.05) is 244 Å². The van der Waals surface area contributed by atoms with Gasteiger partial charge in [-0.15, -0.1) is 0 Å². The van der Waals surface area contributed by atoms with E-state index in [1.54, 1.807) is 0 Å². The third kappa shape index (κ3) is 46.9. The predicted octanol–water partition coefficient (Wildman–Crippen LogP) is 17.5. The van der Waals surface area contributed by atoms with Crippen LogP contribution in [0.15, 0.2) is 24.3 Å². The van der Waals surface area contributed by atoms with Crippen LogP contribution in [0.2, 0.25) is 0 Å². The van der Waals surface area contributed by atoms with Gasteiger partial charge in [0.2, 0.25) is 5.91 Å². The number of carbonyl (C=O) groups excluding carboxylic acids is 2. The fourth-order valence-corrected chi connectivity index (χ4v) is 8.89. The van der Waals surface area contributed by atoms with Gasteiger partial charge < -0.3 is 20.3 Å². The van der Waals surface area contributed by atoms with Crippen molar-refractivity contribution in [2.45, 2.75) is 328 Å². The SMILES string of the molecule is CCCCC/C=C\CCCCCCCC(=O)OC(CCCCCCCCC/C=C/CCCCCCCC)CC(=O)NC(CO)C(O)CCCCCCCCCCCCCCCCCC. The summed E-state index contributed by atoms with van der Waals surface area (Å²) in [5.41, 5.74) is 0. The van der Waals surface area contributed by atoms with E-state index < -0.39 is 18.2 Å². The summed E-state index contributed by atoms with van der Waals surface area (Å²) in [6.45, 7) is 6.49. The molecule has 0 aliphatic carbocycles. The number of hydrogen-bond acceptors (Lipinski definition) is 5. The van der Waals surface area contributed by atoms with Crippen LogP contribution in [-0.4, -0.2) is 46.9 Å². The van der Waals surface area contributed by atoms with Gasteiger partial charge >= 0.3 is 5.97 Å². The molecule has 0 fully saturated rings. The van der Waals surface area contributed by atoms with E-state index in [-0.39, 0.29) is 24.9 Å². The highest BCUT2D eigenvalue weighted by atomic mass is 16.5. The minimum absolute atomic E-state index is 0.0757. The van der Waals surface area contributed by atoms with Crippen molar-refractivity contribution in [3.8, 4) is 0 Å². The smallest absolute Gasteiger partial charge is 0.306 e.